The standard InChI is InChI=1S/C19H23FN4O3/c1-12(2)18(21)19(26)24-11-16(25)22-9-13-3-8-17(23-10-13)27-15-6-4-14(20)5-7-15/h3-8,10,12,18H,9,11,21H2,1-2H3,(H,22,25)(H,24,26)/t18-/m0/s1. The van der Waals surface area contributed by atoms with Crippen molar-refractivity contribution in [3.8, 4) is 11.6 Å². The highest BCUT2D eigenvalue weighted by Crippen LogP contribution is 2.19. The Balaban J connectivity index is 1.76. The van der Waals surface area contributed by atoms with Gasteiger partial charge in [-0.05, 0) is 35.7 Å². The summed E-state index contributed by atoms with van der Waals surface area (Å²) in [6.07, 6.45) is 1.56. The van der Waals surface area contributed by atoms with Gasteiger partial charge in [0.2, 0.25) is 17.7 Å². The average molecular weight is 374 g/mol. The highest BCUT2D eigenvalue weighted by molar-refractivity contribution is 5.87. The number of benzene rings is 1. The van der Waals surface area contributed by atoms with Crippen LogP contribution in [0.4, 0.5) is 4.39 Å². The van der Waals surface area contributed by atoms with E-state index in [1.165, 1.54) is 24.3 Å². The van der Waals surface area contributed by atoms with Crippen LogP contribution in [0.3, 0.4) is 0 Å². The molecule has 4 N–H and O–H groups in total. The Morgan fingerprint density at radius 2 is 1.85 bits per heavy atom. The predicted octanol–water partition coefficient (Wildman–Crippen LogP) is 1.73. The van der Waals surface area contributed by atoms with Gasteiger partial charge in [0.05, 0.1) is 12.6 Å². The summed E-state index contributed by atoms with van der Waals surface area (Å²) in [5, 5.41) is 5.18. The monoisotopic (exact) mass is 374 g/mol. The van der Waals surface area contributed by atoms with Gasteiger partial charge in [-0.3, -0.25) is 9.59 Å². The molecular formula is C19H23FN4O3. The molecule has 0 spiro atoms. The summed E-state index contributed by atoms with van der Waals surface area (Å²) in [5.74, 6) is -0.208. The lowest BCUT2D eigenvalue weighted by molar-refractivity contribution is -0.127. The number of pyridine rings is 1. The third kappa shape index (κ3) is 6.67. The molecule has 144 valence electrons. The van der Waals surface area contributed by atoms with Gasteiger partial charge < -0.3 is 21.1 Å². The summed E-state index contributed by atoms with van der Waals surface area (Å²) in [5.41, 5.74) is 6.47. The van der Waals surface area contributed by atoms with E-state index in [0.29, 0.717) is 11.6 Å². The van der Waals surface area contributed by atoms with Crippen LogP contribution < -0.4 is 21.1 Å². The predicted molar refractivity (Wildman–Crippen MR) is 98.4 cm³/mol. The number of ether oxygens (including phenoxy) is 1. The van der Waals surface area contributed by atoms with Crippen molar-refractivity contribution in [3.05, 3.63) is 54.0 Å². The number of nitrogens with two attached hydrogens (primary N) is 1. The van der Waals surface area contributed by atoms with Gasteiger partial charge in [-0.2, -0.15) is 0 Å². The minimum atomic E-state index is -0.643. The van der Waals surface area contributed by atoms with Gasteiger partial charge in [-0.1, -0.05) is 19.9 Å². The molecule has 1 heterocycles. The van der Waals surface area contributed by atoms with Crippen LogP contribution in [0.2, 0.25) is 0 Å². The molecule has 0 aliphatic rings. The van der Waals surface area contributed by atoms with Crippen molar-refractivity contribution in [2.45, 2.75) is 26.4 Å². The lowest BCUT2D eigenvalue weighted by atomic mass is 10.1. The molecule has 1 atom stereocenters. The molecule has 0 aliphatic carbocycles. The second-order valence-electron chi connectivity index (χ2n) is 6.33. The van der Waals surface area contributed by atoms with Crippen molar-refractivity contribution in [2.75, 3.05) is 6.54 Å². The second-order valence-corrected chi connectivity index (χ2v) is 6.33. The van der Waals surface area contributed by atoms with Gasteiger partial charge >= 0.3 is 0 Å². The molecule has 0 unspecified atom stereocenters. The summed E-state index contributed by atoms with van der Waals surface area (Å²) in [4.78, 5) is 27.7. The first kappa shape index (κ1) is 20.3. The van der Waals surface area contributed by atoms with Gasteiger partial charge in [0, 0.05) is 18.8 Å². The molecule has 0 saturated carbocycles. The normalized spacial score (nSPS) is 11.7. The summed E-state index contributed by atoms with van der Waals surface area (Å²) in [6, 6.07) is 8.36. The number of hydrogen-bond acceptors (Lipinski definition) is 5. The average Bonchev–Trinajstić information content (AvgIpc) is 2.66. The molecule has 0 aliphatic heterocycles. The van der Waals surface area contributed by atoms with E-state index in [1.807, 2.05) is 13.8 Å². The van der Waals surface area contributed by atoms with Crippen LogP contribution in [-0.2, 0) is 16.1 Å². The van der Waals surface area contributed by atoms with E-state index in [9.17, 15) is 14.0 Å². The van der Waals surface area contributed by atoms with Gasteiger partial charge in [0.25, 0.3) is 0 Å². The van der Waals surface area contributed by atoms with E-state index in [1.54, 1.807) is 18.3 Å². The maximum atomic E-state index is 12.9. The highest BCUT2D eigenvalue weighted by Gasteiger charge is 2.17. The van der Waals surface area contributed by atoms with Crippen molar-refractivity contribution in [2.24, 2.45) is 11.7 Å². The Morgan fingerprint density at radius 1 is 1.15 bits per heavy atom. The fourth-order valence-electron chi connectivity index (χ4n) is 2.05. The fourth-order valence-corrected chi connectivity index (χ4v) is 2.05. The SMILES string of the molecule is CC(C)[C@H](N)C(=O)NCC(=O)NCc1ccc(Oc2ccc(F)cc2)nc1. The molecule has 2 amide bonds. The first-order valence-electron chi connectivity index (χ1n) is 8.53. The molecule has 1 aromatic heterocycles. The van der Waals surface area contributed by atoms with Gasteiger partial charge in [-0.15, -0.1) is 0 Å². The minimum absolute atomic E-state index is 0.00483. The lowest BCUT2D eigenvalue weighted by Gasteiger charge is -2.15. The third-order valence-electron chi connectivity index (χ3n) is 3.77. The zero-order valence-electron chi connectivity index (χ0n) is 15.2. The molecule has 0 bridgehead atoms. The zero-order chi connectivity index (χ0) is 19.8. The largest absolute Gasteiger partial charge is 0.439 e. The quantitative estimate of drug-likeness (QED) is 0.652. The van der Waals surface area contributed by atoms with E-state index in [0.717, 1.165) is 5.56 Å². The van der Waals surface area contributed by atoms with Crippen LogP contribution in [-0.4, -0.2) is 29.4 Å². The molecule has 0 saturated heterocycles. The molecule has 27 heavy (non-hydrogen) atoms. The Labute approximate surface area is 157 Å². The number of amides is 2. The lowest BCUT2D eigenvalue weighted by Crippen LogP contribution is -2.47. The van der Waals surface area contributed by atoms with Crippen molar-refractivity contribution in [1.29, 1.82) is 0 Å². The number of carbonyl (C=O) groups excluding carboxylic acids is 2. The maximum absolute atomic E-state index is 12.9. The van der Waals surface area contributed by atoms with Crippen LogP contribution in [0.1, 0.15) is 19.4 Å². The Kier molecular flexibility index (Phi) is 7.25. The van der Waals surface area contributed by atoms with Crippen molar-refractivity contribution in [3.63, 3.8) is 0 Å². The maximum Gasteiger partial charge on any atom is 0.239 e. The van der Waals surface area contributed by atoms with Gasteiger partial charge in [0.1, 0.15) is 11.6 Å². The molecular weight excluding hydrogens is 351 g/mol. The number of rotatable bonds is 8. The van der Waals surface area contributed by atoms with Crippen LogP contribution in [0.5, 0.6) is 11.6 Å². The van der Waals surface area contributed by atoms with E-state index in [2.05, 4.69) is 15.6 Å². The van der Waals surface area contributed by atoms with Crippen molar-refractivity contribution in [1.82, 2.24) is 15.6 Å². The molecule has 0 radical (unpaired) electrons. The third-order valence-corrected chi connectivity index (χ3v) is 3.77. The zero-order valence-corrected chi connectivity index (χ0v) is 15.2. The molecule has 0 fully saturated rings. The first-order valence-corrected chi connectivity index (χ1v) is 8.53. The Hall–Kier alpha value is -3.00. The number of aromatic nitrogens is 1. The van der Waals surface area contributed by atoms with Crippen LogP contribution in [0.15, 0.2) is 42.6 Å². The molecule has 2 rings (SSSR count). The number of hydrogen-bond donors (Lipinski definition) is 3. The van der Waals surface area contributed by atoms with E-state index >= 15 is 0 Å². The molecule has 2 aromatic rings. The summed E-state index contributed by atoms with van der Waals surface area (Å²) in [7, 11) is 0. The highest BCUT2D eigenvalue weighted by atomic mass is 19.1. The topological polar surface area (TPSA) is 106 Å². The molecule has 8 heteroatoms. The first-order chi connectivity index (χ1) is 12.8. The smallest absolute Gasteiger partial charge is 0.239 e. The summed E-state index contributed by atoms with van der Waals surface area (Å²) < 4.78 is 18.4. The number of carbonyl (C=O) groups is 2. The number of nitrogens with one attached hydrogen (secondary N) is 2. The number of halogens is 1. The van der Waals surface area contributed by atoms with Crippen LogP contribution in [0.25, 0.3) is 0 Å². The van der Waals surface area contributed by atoms with E-state index in [4.69, 9.17) is 10.5 Å². The Morgan fingerprint density at radius 3 is 2.44 bits per heavy atom. The summed E-state index contributed by atoms with van der Waals surface area (Å²) >= 11 is 0. The Bertz CT molecular complexity index is 764. The van der Waals surface area contributed by atoms with Gasteiger partial charge in [-0.25, -0.2) is 9.37 Å². The van der Waals surface area contributed by atoms with Crippen molar-refractivity contribution < 1.29 is 18.7 Å². The molecule has 7 nitrogen and oxygen atoms in total. The van der Waals surface area contributed by atoms with Crippen molar-refractivity contribution >= 4 is 11.8 Å². The van der Waals surface area contributed by atoms with Crippen LogP contribution in [0, 0.1) is 11.7 Å². The van der Waals surface area contributed by atoms with E-state index < -0.39 is 6.04 Å². The van der Waals surface area contributed by atoms with E-state index in [-0.39, 0.29) is 36.6 Å². The second kappa shape index (κ2) is 9.63. The fraction of sp³-hybridized carbons (Fsp3) is 0.316. The van der Waals surface area contributed by atoms with Gasteiger partial charge in [0.15, 0.2) is 0 Å². The van der Waals surface area contributed by atoms with Crippen LogP contribution >= 0.6 is 0 Å². The number of nitrogens with zero attached hydrogens (tertiary/aromatic N) is 1. The molecule has 1 aromatic carbocycles. The summed E-state index contributed by atoms with van der Waals surface area (Å²) in [6.45, 7) is 3.79. The minimum Gasteiger partial charge on any atom is -0.439 e.